The second-order valence-corrected chi connectivity index (χ2v) is 5.32. The number of nitrogens with one attached hydrogen (secondary N) is 2. The first kappa shape index (κ1) is 13.6. The number of rotatable bonds is 6. The number of hydrogen-bond donors (Lipinski definition) is 2. The summed E-state index contributed by atoms with van der Waals surface area (Å²) < 4.78 is 0. The molecule has 0 radical (unpaired) electrons. The van der Waals surface area contributed by atoms with Crippen LogP contribution < -0.4 is 5.32 Å². The summed E-state index contributed by atoms with van der Waals surface area (Å²) in [5, 5.41) is 11.6. The highest BCUT2D eigenvalue weighted by atomic mass is 15.1. The molecule has 4 heteroatoms. The van der Waals surface area contributed by atoms with E-state index < -0.39 is 0 Å². The summed E-state index contributed by atoms with van der Waals surface area (Å²) in [5.41, 5.74) is 3.55. The van der Waals surface area contributed by atoms with E-state index in [1.807, 2.05) is 6.20 Å². The molecule has 1 aromatic heterocycles. The van der Waals surface area contributed by atoms with Gasteiger partial charge in [0, 0.05) is 30.7 Å². The van der Waals surface area contributed by atoms with Crippen molar-refractivity contribution in [3.8, 4) is 0 Å². The van der Waals surface area contributed by atoms with Crippen molar-refractivity contribution in [3.05, 3.63) is 60.3 Å². The van der Waals surface area contributed by atoms with Gasteiger partial charge >= 0.3 is 0 Å². The van der Waals surface area contributed by atoms with Crippen LogP contribution in [0, 0.1) is 0 Å². The van der Waals surface area contributed by atoms with Crippen LogP contribution in [0.4, 0.5) is 5.69 Å². The SMILES string of the molecule is CN(CCNc1ccc2[nH]ncc2c1)Cc1ccccc1. The van der Waals surface area contributed by atoms with E-state index in [0.717, 1.165) is 36.2 Å². The summed E-state index contributed by atoms with van der Waals surface area (Å²) >= 11 is 0. The van der Waals surface area contributed by atoms with Crippen LogP contribution in [0.25, 0.3) is 10.9 Å². The molecule has 4 nitrogen and oxygen atoms in total. The maximum Gasteiger partial charge on any atom is 0.0651 e. The first-order chi connectivity index (χ1) is 10.3. The Hall–Kier alpha value is -2.33. The third kappa shape index (κ3) is 3.61. The minimum Gasteiger partial charge on any atom is -0.384 e. The highest BCUT2D eigenvalue weighted by Gasteiger charge is 2.01. The number of H-pyrrole nitrogens is 1. The molecular weight excluding hydrogens is 260 g/mol. The van der Waals surface area contributed by atoms with E-state index in [0.29, 0.717) is 0 Å². The quantitative estimate of drug-likeness (QED) is 0.729. The minimum absolute atomic E-state index is 0.923. The Labute approximate surface area is 124 Å². The molecule has 0 aliphatic carbocycles. The lowest BCUT2D eigenvalue weighted by Crippen LogP contribution is -2.24. The van der Waals surface area contributed by atoms with E-state index in [1.165, 1.54) is 5.56 Å². The normalized spacial score (nSPS) is 11.1. The number of benzene rings is 2. The Balaban J connectivity index is 1.49. The molecule has 0 spiro atoms. The zero-order valence-corrected chi connectivity index (χ0v) is 12.2. The Bertz CT molecular complexity index is 690. The summed E-state index contributed by atoms with van der Waals surface area (Å²) in [6.07, 6.45) is 1.85. The van der Waals surface area contributed by atoms with E-state index in [2.05, 4.69) is 76.0 Å². The van der Waals surface area contributed by atoms with Gasteiger partial charge in [-0.15, -0.1) is 0 Å². The van der Waals surface area contributed by atoms with Gasteiger partial charge in [-0.2, -0.15) is 5.10 Å². The molecular formula is C17H20N4. The molecule has 0 bridgehead atoms. The van der Waals surface area contributed by atoms with Gasteiger partial charge in [0.25, 0.3) is 0 Å². The van der Waals surface area contributed by atoms with Crippen molar-refractivity contribution in [1.29, 1.82) is 0 Å². The standard InChI is InChI=1S/C17H20N4/c1-21(13-14-5-3-2-4-6-14)10-9-18-16-7-8-17-15(11-16)12-19-20-17/h2-8,11-12,18H,9-10,13H2,1H3,(H,19,20). The predicted octanol–water partition coefficient (Wildman–Crippen LogP) is 3.11. The molecule has 108 valence electrons. The smallest absolute Gasteiger partial charge is 0.0651 e. The number of aromatic nitrogens is 2. The summed E-state index contributed by atoms with van der Waals surface area (Å²) in [5.74, 6) is 0. The fraction of sp³-hybridized carbons (Fsp3) is 0.235. The highest BCUT2D eigenvalue weighted by Crippen LogP contribution is 2.16. The second kappa shape index (κ2) is 6.41. The molecule has 0 fully saturated rings. The molecule has 21 heavy (non-hydrogen) atoms. The third-order valence-electron chi connectivity index (χ3n) is 3.56. The zero-order valence-electron chi connectivity index (χ0n) is 12.2. The van der Waals surface area contributed by atoms with Gasteiger partial charge < -0.3 is 10.2 Å². The summed E-state index contributed by atoms with van der Waals surface area (Å²) in [6.45, 7) is 2.90. The van der Waals surface area contributed by atoms with Crippen LogP contribution in [0.15, 0.2) is 54.7 Å². The lowest BCUT2D eigenvalue weighted by Gasteiger charge is -2.17. The van der Waals surface area contributed by atoms with E-state index in [4.69, 9.17) is 0 Å². The van der Waals surface area contributed by atoms with E-state index >= 15 is 0 Å². The lowest BCUT2D eigenvalue weighted by atomic mass is 10.2. The fourth-order valence-corrected chi connectivity index (χ4v) is 2.42. The number of anilines is 1. The average Bonchev–Trinajstić information content (AvgIpc) is 2.96. The van der Waals surface area contributed by atoms with Gasteiger partial charge in [-0.05, 0) is 30.8 Å². The third-order valence-corrected chi connectivity index (χ3v) is 3.56. The summed E-state index contributed by atoms with van der Waals surface area (Å²) in [6, 6.07) is 16.8. The van der Waals surface area contributed by atoms with Gasteiger partial charge in [0.15, 0.2) is 0 Å². The van der Waals surface area contributed by atoms with Crippen molar-refractivity contribution < 1.29 is 0 Å². The van der Waals surface area contributed by atoms with E-state index in [-0.39, 0.29) is 0 Å². The van der Waals surface area contributed by atoms with E-state index in [1.54, 1.807) is 0 Å². The van der Waals surface area contributed by atoms with Crippen LogP contribution in [-0.2, 0) is 6.54 Å². The molecule has 0 saturated heterocycles. The van der Waals surface area contributed by atoms with Crippen molar-refractivity contribution in [1.82, 2.24) is 15.1 Å². The van der Waals surface area contributed by atoms with Crippen LogP contribution >= 0.6 is 0 Å². The second-order valence-electron chi connectivity index (χ2n) is 5.32. The van der Waals surface area contributed by atoms with Crippen molar-refractivity contribution in [2.75, 3.05) is 25.5 Å². The molecule has 1 heterocycles. The van der Waals surface area contributed by atoms with Crippen molar-refractivity contribution in [3.63, 3.8) is 0 Å². The van der Waals surface area contributed by atoms with Crippen LogP contribution in [-0.4, -0.2) is 35.2 Å². The number of likely N-dealkylation sites (N-methyl/N-ethyl adjacent to an activating group) is 1. The number of hydrogen-bond acceptors (Lipinski definition) is 3. The molecule has 2 N–H and O–H groups in total. The predicted molar refractivity (Wildman–Crippen MR) is 87.4 cm³/mol. The van der Waals surface area contributed by atoms with E-state index in [9.17, 15) is 0 Å². The van der Waals surface area contributed by atoms with Gasteiger partial charge in [-0.1, -0.05) is 30.3 Å². The number of fused-ring (bicyclic) bond motifs is 1. The first-order valence-corrected chi connectivity index (χ1v) is 7.21. The average molecular weight is 280 g/mol. The van der Waals surface area contributed by atoms with Crippen LogP contribution in [0.1, 0.15) is 5.56 Å². The largest absolute Gasteiger partial charge is 0.384 e. The highest BCUT2D eigenvalue weighted by molar-refractivity contribution is 5.81. The van der Waals surface area contributed by atoms with Crippen LogP contribution in [0.2, 0.25) is 0 Å². The van der Waals surface area contributed by atoms with Crippen LogP contribution in [0.5, 0.6) is 0 Å². The first-order valence-electron chi connectivity index (χ1n) is 7.21. The molecule has 0 amide bonds. The molecule has 3 aromatic rings. The van der Waals surface area contributed by atoms with Gasteiger partial charge in [-0.3, -0.25) is 5.10 Å². The van der Waals surface area contributed by atoms with Gasteiger partial charge in [-0.25, -0.2) is 0 Å². The Morgan fingerprint density at radius 3 is 2.86 bits per heavy atom. The number of nitrogens with zero attached hydrogens (tertiary/aromatic N) is 2. The maximum atomic E-state index is 4.04. The van der Waals surface area contributed by atoms with Gasteiger partial charge in [0.1, 0.15) is 0 Å². The topological polar surface area (TPSA) is 44.0 Å². The molecule has 0 unspecified atom stereocenters. The van der Waals surface area contributed by atoms with Gasteiger partial charge in [0.2, 0.25) is 0 Å². The molecule has 0 atom stereocenters. The minimum atomic E-state index is 0.923. The Kier molecular flexibility index (Phi) is 4.17. The summed E-state index contributed by atoms with van der Waals surface area (Å²) in [7, 11) is 2.15. The Morgan fingerprint density at radius 2 is 2.00 bits per heavy atom. The molecule has 3 rings (SSSR count). The zero-order chi connectivity index (χ0) is 14.5. The molecule has 0 saturated carbocycles. The van der Waals surface area contributed by atoms with Gasteiger partial charge in [0.05, 0.1) is 11.7 Å². The van der Waals surface area contributed by atoms with Crippen molar-refractivity contribution in [2.45, 2.75) is 6.54 Å². The fourth-order valence-electron chi connectivity index (χ4n) is 2.42. The lowest BCUT2D eigenvalue weighted by molar-refractivity contribution is 0.340. The van der Waals surface area contributed by atoms with Crippen LogP contribution in [0.3, 0.4) is 0 Å². The molecule has 0 aliphatic rings. The van der Waals surface area contributed by atoms with Crippen molar-refractivity contribution >= 4 is 16.6 Å². The summed E-state index contributed by atoms with van der Waals surface area (Å²) in [4.78, 5) is 2.32. The van der Waals surface area contributed by atoms with Crippen molar-refractivity contribution in [2.24, 2.45) is 0 Å². The number of aromatic amines is 1. The Morgan fingerprint density at radius 1 is 1.14 bits per heavy atom. The molecule has 2 aromatic carbocycles. The molecule has 0 aliphatic heterocycles. The maximum absolute atomic E-state index is 4.04. The monoisotopic (exact) mass is 280 g/mol.